The first kappa shape index (κ1) is 15.7. The van der Waals surface area contributed by atoms with Crippen molar-refractivity contribution in [3.8, 4) is 0 Å². The molecule has 24 heavy (non-hydrogen) atoms. The summed E-state index contributed by atoms with van der Waals surface area (Å²) in [6.45, 7) is 2.50. The molecular formula is C19H18N4O. The molecule has 5 heteroatoms. The smallest absolute Gasteiger partial charge is 0.254 e. The van der Waals surface area contributed by atoms with Gasteiger partial charge in [-0.1, -0.05) is 42.5 Å². The third-order valence-corrected chi connectivity index (χ3v) is 3.48. The first-order chi connectivity index (χ1) is 11.7. The first-order valence-corrected chi connectivity index (χ1v) is 7.68. The van der Waals surface area contributed by atoms with Gasteiger partial charge in [0, 0.05) is 24.6 Å². The molecule has 120 valence electrons. The number of amides is 1. The lowest BCUT2D eigenvalue weighted by Gasteiger charge is -2.07. The quantitative estimate of drug-likeness (QED) is 0.756. The van der Waals surface area contributed by atoms with Crippen molar-refractivity contribution < 1.29 is 4.79 Å². The summed E-state index contributed by atoms with van der Waals surface area (Å²) < 4.78 is 0. The number of carbonyl (C=O) groups excluding carboxylic acids is 1. The number of hydrogen-bond acceptors (Lipinski definition) is 4. The fourth-order valence-electron chi connectivity index (χ4n) is 2.24. The highest BCUT2D eigenvalue weighted by molar-refractivity contribution is 5.93. The molecular weight excluding hydrogens is 300 g/mol. The Balaban J connectivity index is 1.60. The van der Waals surface area contributed by atoms with Gasteiger partial charge in [-0.2, -0.15) is 0 Å². The normalized spacial score (nSPS) is 10.2. The summed E-state index contributed by atoms with van der Waals surface area (Å²) in [5.41, 5.74) is 3.54. The molecule has 2 N–H and O–H groups in total. The number of aryl methyl sites for hydroxylation is 1. The summed E-state index contributed by atoms with van der Waals surface area (Å²) in [7, 11) is 0. The number of nitrogens with one attached hydrogen (secondary N) is 2. The van der Waals surface area contributed by atoms with E-state index < -0.39 is 0 Å². The fraction of sp³-hybridized carbons (Fsp3) is 0.105. The van der Waals surface area contributed by atoms with Gasteiger partial charge in [-0.05, 0) is 30.2 Å². The molecule has 0 unspecified atom stereocenters. The molecule has 3 aromatic rings. The second kappa shape index (κ2) is 7.37. The van der Waals surface area contributed by atoms with Crippen LogP contribution in [0, 0.1) is 6.92 Å². The summed E-state index contributed by atoms with van der Waals surface area (Å²) in [4.78, 5) is 20.5. The Hall–Kier alpha value is -3.21. The number of aromatic nitrogens is 2. The molecule has 0 saturated heterocycles. The SMILES string of the molecule is Cc1cccc(Nc2ncc(C(=O)NCc3ccccc3)cn2)c1. The van der Waals surface area contributed by atoms with Crippen LogP contribution in [-0.4, -0.2) is 15.9 Å². The molecule has 0 aliphatic carbocycles. The average Bonchev–Trinajstić information content (AvgIpc) is 2.61. The van der Waals surface area contributed by atoms with Crippen molar-refractivity contribution in [2.75, 3.05) is 5.32 Å². The van der Waals surface area contributed by atoms with Gasteiger partial charge in [-0.25, -0.2) is 9.97 Å². The maximum Gasteiger partial charge on any atom is 0.254 e. The minimum Gasteiger partial charge on any atom is -0.348 e. The van der Waals surface area contributed by atoms with Gasteiger partial charge in [-0.15, -0.1) is 0 Å². The lowest BCUT2D eigenvalue weighted by Crippen LogP contribution is -2.23. The van der Waals surface area contributed by atoms with Crippen LogP contribution in [0.15, 0.2) is 67.0 Å². The lowest BCUT2D eigenvalue weighted by atomic mass is 10.2. The van der Waals surface area contributed by atoms with Crippen molar-refractivity contribution in [3.05, 3.63) is 83.7 Å². The van der Waals surface area contributed by atoms with E-state index in [2.05, 4.69) is 20.6 Å². The molecule has 1 amide bonds. The van der Waals surface area contributed by atoms with Crippen LogP contribution in [0.2, 0.25) is 0 Å². The van der Waals surface area contributed by atoms with E-state index in [1.165, 1.54) is 12.4 Å². The average molecular weight is 318 g/mol. The van der Waals surface area contributed by atoms with Crippen LogP contribution < -0.4 is 10.6 Å². The van der Waals surface area contributed by atoms with Crippen molar-refractivity contribution in [2.45, 2.75) is 13.5 Å². The Morgan fingerprint density at radius 1 is 1.00 bits per heavy atom. The fourth-order valence-corrected chi connectivity index (χ4v) is 2.24. The van der Waals surface area contributed by atoms with E-state index in [0.29, 0.717) is 18.1 Å². The maximum atomic E-state index is 12.1. The van der Waals surface area contributed by atoms with Gasteiger partial charge < -0.3 is 10.6 Å². The number of benzene rings is 2. The zero-order chi connectivity index (χ0) is 16.8. The molecule has 3 rings (SSSR count). The Bertz CT molecular complexity index is 816. The second-order valence-corrected chi connectivity index (χ2v) is 5.46. The Morgan fingerprint density at radius 3 is 2.46 bits per heavy atom. The van der Waals surface area contributed by atoms with Crippen molar-refractivity contribution in [1.29, 1.82) is 0 Å². The molecule has 1 aromatic heterocycles. The Morgan fingerprint density at radius 2 is 1.75 bits per heavy atom. The molecule has 0 fully saturated rings. The summed E-state index contributed by atoms with van der Waals surface area (Å²) in [6, 6.07) is 17.7. The number of anilines is 2. The van der Waals surface area contributed by atoms with Gasteiger partial charge in [0.05, 0.1) is 5.56 Å². The third-order valence-electron chi connectivity index (χ3n) is 3.48. The minimum atomic E-state index is -0.194. The number of nitrogens with zero attached hydrogens (tertiary/aromatic N) is 2. The van der Waals surface area contributed by atoms with E-state index in [9.17, 15) is 4.79 Å². The van der Waals surface area contributed by atoms with Crippen molar-refractivity contribution in [1.82, 2.24) is 15.3 Å². The molecule has 0 aliphatic rings. The summed E-state index contributed by atoms with van der Waals surface area (Å²) in [5.74, 6) is 0.265. The highest BCUT2D eigenvalue weighted by Gasteiger charge is 2.07. The van der Waals surface area contributed by atoms with Gasteiger partial charge in [0.15, 0.2) is 0 Å². The topological polar surface area (TPSA) is 66.9 Å². The predicted molar refractivity (Wildman–Crippen MR) is 94.1 cm³/mol. The van der Waals surface area contributed by atoms with E-state index in [1.807, 2.05) is 61.5 Å². The van der Waals surface area contributed by atoms with Crippen LogP contribution in [0.25, 0.3) is 0 Å². The molecule has 0 atom stereocenters. The number of hydrogen-bond donors (Lipinski definition) is 2. The van der Waals surface area contributed by atoms with E-state index in [1.54, 1.807) is 0 Å². The number of carbonyl (C=O) groups is 1. The van der Waals surface area contributed by atoms with Crippen LogP contribution in [0.1, 0.15) is 21.5 Å². The van der Waals surface area contributed by atoms with Gasteiger partial charge in [0.25, 0.3) is 5.91 Å². The van der Waals surface area contributed by atoms with Crippen molar-refractivity contribution in [2.24, 2.45) is 0 Å². The monoisotopic (exact) mass is 318 g/mol. The van der Waals surface area contributed by atoms with E-state index in [4.69, 9.17) is 0 Å². The molecule has 0 spiro atoms. The first-order valence-electron chi connectivity index (χ1n) is 7.68. The standard InChI is InChI=1S/C19H18N4O/c1-14-6-5-9-17(10-14)23-19-21-12-16(13-22-19)18(24)20-11-15-7-3-2-4-8-15/h2-10,12-13H,11H2,1H3,(H,20,24)(H,21,22,23). The molecule has 0 saturated carbocycles. The Kier molecular flexibility index (Phi) is 4.81. The largest absolute Gasteiger partial charge is 0.348 e. The highest BCUT2D eigenvalue weighted by atomic mass is 16.1. The van der Waals surface area contributed by atoms with Gasteiger partial charge >= 0.3 is 0 Å². The van der Waals surface area contributed by atoms with E-state index >= 15 is 0 Å². The maximum absolute atomic E-state index is 12.1. The molecule has 5 nitrogen and oxygen atoms in total. The molecule has 0 aliphatic heterocycles. The van der Waals surface area contributed by atoms with E-state index in [-0.39, 0.29) is 5.91 Å². The summed E-state index contributed by atoms with van der Waals surface area (Å²) in [6.07, 6.45) is 3.04. The highest BCUT2D eigenvalue weighted by Crippen LogP contribution is 2.14. The zero-order valence-electron chi connectivity index (χ0n) is 13.4. The minimum absolute atomic E-state index is 0.194. The van der Waals surface area contributed by atoms with Crippen LogP contribution in [0.4, 0.5) is 11.6 Å². The molecule has 1 heterocycles. The van der Waals surface area contributed by atoms with Crippen LogP contribution >= 0.6 is 0 Å². The number of rotatable bonds is 5. The van der Waals surface area contributed by atoms with Crippen LogP contribution in [0.5, 0.6) is 0 Å². The van der Waals surface area contributed by atoms with Crippen LogP contribution in [-0.2, 0) is 6.54 Å². The summed E-state index contributed by atoms with van der Waals surface area (Å²) in [5, 5.41) is 5.97. The molecule has 0 bridgehead atoms. The zero-order valence-corrected chi connectivity index (χ0v) is 13.4. The second-order valence-electron chi connectivity index (χ2n) is 5.46. The third kappa shape index (κ3) is 4.16. The predicted octanol–water partition coefficient (Wildman–Crippen LogP) is 3.46. The van der Waals surface area contributed by atoms with Crippen molar-refractivity contribution in [3.63, 3.8) is 0 Å². The summed E-state index contributed by atoms with van der Waals surface area (Å²) >= 11 is 0. The lowest BCUT2D eigenvalue weighted by molar-refractivity contribution is 0.0950. The van der Waals surface area contributed by atoms with Crippen molar-refractivity contribution >= 4 is 17.5 Å². The Labute approximate surface area is 140 Å². The molecule has 0 radical (unpaired) electrons. The van der Waals surface area contributed by atoms with Gasteiger partial charge in [-0.3, -0.25) is 4.79 Å². The van der Waals surface area contributed by atoms with Crippen LogP contribution in [0.3, 0.4) is 0 Å². The van der Waals surface area contributed by atoms with E-state index in [0.717, 1.165) is 16.8 Å². The molecule has 2 aromatic carbocycles. The van der Waals surface area contributed by atoms with Gasteiger partial charge in [0.1, 0.15) is 0 Å². The van der Waals surface area contributed by atoms with Gasteiger partial charge in [0.2, 0.25) is 5.95 Å².